The zero-order valence-electron chi connectivity index (χ0n) is 10.3. The average Bonchev–Trinajstić information content (AvgIpc) is 2.79. The standard InChI is InChI=1S/C13H20O2/c1-12(2,3)15-11(14)8-9-13(4,5)10-6-7-10/h10H,6-7H2,1-5H3. The zero-order chi connectivity index (χ0) is 11.7. The molecule has 0 atom stereocenters. The van der Waals surface area contributed by atoms with Crippen molar-refractivity contribution in [3.05, 3.63) is 0 Å². The zero-order valence-corrected chi connectivity index (χ0v) is 10.3. The maximum atomic E-state index is 11.4. The van der Waals surface area contributed by atoms with E-state index in [1.54, 1.807) is 0 Å². The van der Waals surface area contributed by atoms with E-state index in [1.165, 1.54) is 12.8 Å². The van der Waals surface area contributed by atoms with Gasteiger partial charge >= 0.3 is 5.97 Å². The molecule has 0 heterocycles. The highest BCUT2D eigenvalue weighted by Crippen LogP contribution is 2.44. The maximum Gasteiger partial charge on any atom is 0.384 e. The Bertz CT molecular complexity index is 306. The van der Waals surface area contributed by atoms with Crippen molar-refractivity contribution >= 4 is 5.97 Å². The molecule has 2 heteroatoms. The van der Waals surface area contributed by atoms with Crippen LogP contribution in [0.25, 0.3) is 0 Å². The fourth-order valence-corrected chi connectivity index (χ4v) is 1.42. The Labute approximate surface area is 92.4 Å². The lowest BCUT2D eigenvalue weighted by Crippen LogP contribution is -2.23. The highest BCUT2D eigenvalue weighted by molar-refractivity contribution is 5.88. The van der Waals surface area contributed by atoms with Gasteiger partial charge in [-0.25, -0.2) is 4.79 Å². The average molecular weight is 208 g/mol. The molecule has 1 aliphatic carbocycles. The summed E-state index contributed by atoms with van der Waals surface area (Å²) in [6, 6.07) is 0. The van der Waals surface area contributed by atoms with Crippen LogP contribution in [-0.2, 0) is 9.53 Å². The second kappa shape index (κ2) is 3.89. The first-order valence-electron chi connectivity index (χ1n) is 5.47. The Balaban J connectivity index is 2.53. The topological polar surface area (TPSA) is 26.3 Å². The molecule has 2 nitrogen and oxygen atoms in total. The molecule has 0 aromatic rings. The summed E-state index contributed by atoms with van der Waals surface area (Å²) in [5.74, 6) is 5.85. The summed E-state index contributed by atoms with van der Waals surface area (Å²) in [4.78, 5) is 11.4. The van der Waals surface area contributed by atoms with E-state index in [2.05, 4.69) is 25.7 Å². The molecule has 15 heavy (non-hydrogen) atoms. The molecule has 0 bridgehead atoms. The van der Waals surface area contributed by atoms with Crippen LogP contribution < -0.4 is 0 Å². The number of carbonyl (C=O) groups excluding carboxylic acids is 1. The summed E-state index contributed by atoms with van der Waals surface area (Å²) in [6.07, 6.45) is 2.46. The molecule has 84 valence electrons. The predicted molar refractivity (Wildman–Crippen MR) is 60.1 cm³/mol. The quantitative estimate of drug-likeness (QED) is 0.376. The van der Waals surface area contributed by atoms with Gasteiger partial charge in [0.15, 0.2) is 0 Å². The van der Waals surface area contributed by atoms with Crippen molar-refractivity contribution in [3.63, 3.8) is 0 Å². The highest BCUT2D eigenvalue weighted by atomic mass is 16.6. The lowest BCUT2D eigenvalue weighted by Gasteiger charge is -2.18. The van der Waals surface area contributed by atoms with Gasteiger partial charge in [0.1, 0.15) is 5.60 Å². The van der Waals surface area contributed by atoms with Crippen LogP contribution in [0.1, 0.15) is 47.5 Å². The molecule has 0 aromatic heterocycles. The van der Waals surface area contributed by atoms with Gasteiger partial charge in [0.05, 0.1) is 0 Å². The van der Waals surface area contributed by atoms with Crippen molar-refractivity contribution in [2.75, 3.05) is 0 Å². The van der Waals surface area contributed by atoms with Gasteiger partial charge in [-0.2, -0.15) is 0 Å². The molecular weight excluding hydrogens is 188 g/mol. The highest BCUT2D eigenvalue weighted by Gasteiger charge is 2.36. The molecule has 1 aliphatic rings. The van der Waals surface area contributed by atoms with Crippen LogP contribution in [0.3, 0.4) is 0 Å². The van der Waals surface area contributed by atoms with Gasteiger partial charge in [-0.3, -0.25) is 0 Å². The number of hydrogen-bond donors (Lipinski definition) is 0. The summed E-state index contributed by atoms with van der Waals surface area (Å²) in [5, 5.41) is 0. The molecule has 1 rings (SSSR count). The van der Waals surface area contributed by atoms with Gasteiger partial charge in [0.2, 0.25) is 0 Å². The van der Waals surface area contributed by atoms with Gasteiger partial charge in [0.25, 0.3) is 0 Å². The smallest absolute Gasteiger partial charge is 0.384 e. The Morgan fingerprint density at radius 1 is 1.20 bits per heavy atom. The molecular formula is C13H20O2. The maximum absolute atomic E-state index is 11.4. The lowest BCUT2D eigenvalue weighted by atomic mass is 9.88. The van der Waals surface area contributed by atoms with Crippen LogP contribution in [0, 0.1) is 23.2 Å². The van der Waals surface area contributed by atoms with Crippen LogP contribution in [0.15, 0.2) is 0 Å². The van der Waals surface area contributed by atoms with E-state index in [-0.39, 0.29) is 5.41 Å². The van der Waals surface area contributed by atoms with E-state index < -0.39 is 11.6 Å². The monoisotopic (exact) mass is 208 g/mol. The molecule has 0 N–H and O–H groups in total. The molecule has 0 aromatic carbocycles. The third-order valence-corrected chi connectivity index (χ3v) is 2.48. The number of carbonyl (C=O) groups is 1. The van der Waals surface area contributed by atoms with Crippen molar-refractivity contribution in [1.29, 1.82) is 0 Å². The van der Waals surface area contributed by atoms with E-state index in [4.69, 9.17) is 4.74 Å². The molecule has 1 fully saturated rings. The van der Waals surface area contributed by atoms with Gasteiger partial charge in [-0.05, 0) is 53.4 Å². The fraction of sp³-hybridized carbons (Fsp3) is 0.769. The first-order chi connectivity index (χ1) is 6.71. The van der Waals surface area contributed by atoms with Gasteiger partial charge in [-0.1, -0.05) is 5.92 Å². The van der Waals surface area contributed by atoms with E-state index in [0.29, 0.717) is 5.92 Å². The van der Waals surface area contributed by atoms with Gasteiger partial charge < -0.3 is 4.74 Å². The fourth-order valence-electron chi connectivity index (χ4n) is 1.42. The minimum atomic E-state index is -0.449. The van der Waals surface area contributed by atoms with E-state index >= 15 is 0 Å². The van der Waals surface area contributed by atoms with E-state index in [1.807, 2.05) is 20.8 Å². The summed E-state index contributed by atoms with van der Waals surface area (Å²) in [6.45, 7) is 9.71. The molecule has 0 radical (unpaired) electrons. The Morgan fingerprint density at radius 3 is 2.13 bits per heavy atom. The van der Waals surface area contributed by atoms with Gasteiger partial charge in [-0.15, -0.1) is 0 Å². The second-order valence-electron chi connectivity index (χ2n) is 5.75. The second-order valence-corrected chi connectivity index (χ2v) is 5.75. The molecule has 1 saturated carbocycles. The van der Waals surface area contributed by atoms with E-state index in [9.17, 15) is 4.79 Å². The first kappa shape index (κ1) is 12.1. The van der Waals surface area contributed by atoms with Crippen LogP contribution in [0.5, 0.6) is 0 Å². The molecule has 0 spiro atoms. The third kappa shape index (κ3) is 4.38. The molecule has 0 saturated heterocycles. The Kier molecular flexibility index (Phi) is 3.13. The molecule has 0 aliphatic heterocycles. The van der Waals surface area contributed by atoms with E-state index in [0.717, 1.165) is 0 Å². The van der Waals surface area contributed by atoms with Crippen LogP contribution in [-0.4, -0.2) is 11.6 Å². The van der Waals surface area contributed by atoms with Gasteiger partial charge in [0, 0.05) is 11.3 Å². The first-order valence-corrected chi connectivity index (χ1v) is 5.47. The number of esters is 1. The SMILES string of the molecule is CC(C)(C)OC(=O)C#CC(C)(C)C1CC1. The van der Waals surface area contributed by atoms with Crippen LogP contribution >= 0.6 is 0 Å². The third-order valence-electron chi connectivity index (χ3n) is 2.48. The Morgan fingerprint density at radius 2 is 1.73 bits per heavy atom. The minimum absolute atomic E-state index is 0.0447. The summed E-state index contributed by atoms with van der Waals surface area (Å²) < 4.78 is 5.12. The summed E-state index contributed by atoms with van der Waals surface area (Å²) >= 11 is 0. The number of ether oxygens (including phenoxy) is 1. The molecule has 0 unspecified atom stereocenters. The Hall–Kier alpha value is -0.970. The lowest BCUT2D eigenvalue weighted by molar-refractivity contribution is -0.147. The van der Waals surface area contributed by atoms with Crippen molar-refractivity contribution in [2.45, 2.75) is 53.1 Å². The number of rotatable bonds is 1. The van der Waals surface area contributed by atoms with Crippen molar-refractivity contribution < 1.29 is 9.53 Å². The largest absolute Gasteiger partial charge is 0.450 e. The number of hydrogen-bond acceptors (Lipinski definition) is 2. The van der Waals surface area contributed by atoms with Crippen LogP contribution in [0.2, 0.25) is 0 Å². The predicted octanol–water partition coefficient (Wildman–Crippen LogP) is 2.77. The normalized spacial score (nSPS) is 16.6. The summed E-state index contributed by atoms with van der Waals surface area (Å²) in [7, 11) is 0. The van der Waals surface area contributed by atoms with Crippen molar-refractivity contribution in [1.82, 2.24) is 0 Å². The molecule has 0 amide bonds. The van der Waals surface area contributed by atoms with Crippen molar-refractivity contribution in [3.8, 4) is 11.8 Å². The minimum Gasteiger partial charge on any atom is -0.450 e. The van der Waals surface area contributed by atoms with Crippen molar-refractivity contribution in [2.24, 2.45) is 11.3 Å². The summed E-state index contributed by atoms with van der Waals surface area (Å²) in [5.41, 5.74) is -0.494. The van der Waals surface area contributed by atoms with Crippen LogP contribution in [0.4, 0.5) is 0 Å².